The molecule has 0 aromatic heterocycles. The van der Waals surface area contributed by atoms with Crippen LogP contribution in [0.2, 0.25) is 25.1 Å². The second kappa shape index (κ2) is 8.88. The van der Waals surface area contributed by atoms with Gasteiger partial charge in [0.15, 0.2) is 5.56 Å². The molecule has 1 aromatic carbocycles. The molecule has 0 saturated carbocycles. The van der Waals surface area contributed by atoms with E-state index in [1.54, 1.807) is 0 Å². The molecule has 23 heteroatoms. The predicted molar refractivity (Wildman–Crippen MR) is 103 cm³/mol. The maximum Gasteiger partial charge on any atom is 0.553 e. The Morgan fingerprint density at radius 2 is 0.700 bits per heavy atom. The van der Waals surface area contributed by atoms with Crippen LogP contribution in [0.15, 0.2) is 0 Å². The molecule has 0 aliphatic heterocycles. The van der Waals surface area contributed by atoms with Crippen molar-refractivity contribution in [3.63, 3.8) is 0 Å². The highest BCUT2D eigenvalue weighted by atomic mass is 35.5. The smallest absolute Gasteiger partial charge is 0.222 e. The van der Waals surface area contributed by atoms with Gasteiger partial charge in [0.05, 0.1) is 25.1 Å². The van der Waals surface area contributed by atoms with E-state index < -0.39 is 85.1 Å². The normalized spacial score (nSPS) is 14.1. The van der Waals surface area contributed by atoms with Crippen LogP contribution in [0.5, 0.6) is 0 Å². The lowest BCUT2D eigenvalue weighted by Crippen LogP contribution is -2.42. The Hall–Kier alpha value is 0.230. The van der Waals surface area contributed by atoms with E-state index in [9.17, 15) is 33.7 Å². The van der Waals surface area contributed by atoms with Crippen molar-refractivity contribution < 1.29 is 58.4 Å². The summed E-state index contributed by atoms with van der Waals surface area (Å²) in [5, 5.41) is -4.94. The van der Waals surface area contributed by atoms with Crippen LogP contribution in [0.4, 0.5) is 0 Å². The molecule has 174 valence electrons. The van der Waals surface area contributed by atoms with Crippen molar-refractivity contribution in [1.29, 1.82) is 0 Å². The van der Waals surface area contributed by atoms with Gasteiger partial charge in [-0.1, -0.05) is 64.5 Å². The van der Waals surface area contributed by atoms with E-state index in [-0.39, 0.29) is 0 Å². The number of rotatable bonds is 7. The van der Waals surface area contributed by atoms with Crippen LogP contribution < -0.4 is 0 Å². The molecule has 0 amide bonds. The first kappa shape index (κ1) is 28.3. The molecule has 0 atom stereocenters. The van der Waals surface area contributed by atoms with Gasteiger partial charge in [-0.05, 0) is 0 Å². The van der Waals surface area contributed by atoms with Crippen molar-refractivity contribution >= 4 is 99.6 Å². The molecular formula is C7H5Cl5O14S4+2. The molecule has 4 N–H and O–H groups in total. The lowest BCUT2D eigenvalue weighted by molar-refractivity contribution is -0.122. The molecule has 0 spiro atoms. The Kier molecular flexibility index (Phi) is 8.36. The van der Waals surface area contributed by atoms with E-state index in [0.29, 0.717) is 0 Å². The maximum atomic E-state index is 11.5. The molecule has 0 heterocycles. The molecule has 1 rings (SSSR count). The fourth-order valence-corrected chi connectivity index (χ4v) is 6.60. The van der Waals surface area contributed by atoms with Crippen LogP contribution in [0.25, 0.3) is 0 Å². The van der Waals surface area contributed by atoms with E-state index >= 15 is 0 Å². The van der Waals surface area contributed by atoms with Gasteiger partial charge in [0.25, 0.3) is 0 Å². The van der Waals surface area contributed by atoms with Crippen molar-refractivity contribution in [2.75, 3.05) is 0 Å². The Balaban J connectivity index is 4.46. The Morgan fingerprint density at radius 1 is 0.500 bits per heavy atom. The monoisotopic (exact) mass is 616 g/mol. The minimum Gasteiger partial charge on any atom is -0.222 e. The quantitative estimate of drug-likeness (QED) is 0.114. The third-order valence-electron chi connectivity index (χ3n) is 2.66. The van der Waals surface area contributed by atoms with Gasteiger partial charge in [-0.25, -0.2) is 18.2 Å². The molecule has 30 heavy (non-hydrogen) atoms. The average Bonchev–Trinajstić information content (AvgIpc) is 2.45. The summed E-state index contributed by atoms with van der Waals surface area (Å²) >= 11 is 28.4. The molecular weight excluding hydrogens is 614 g/mol. The molecule has 0 saturated heterocycles. The first-order chi connectivity index (χ1) is 13.0. The largest absolute Gasteiger partial charge is 0.553 e. The zero-order chi connectivity index (χ0) is 24.2. The van der Waals surface area contributed by atoms with Crippen molar-refractivity contribution in [3.8, 4) is 0 Å². The molecule has 0 aliphatic carbocycles. The second-order valence-electron chi connectivity index (χ2n) is 4.55. The molecule has 0 bridgehead atoms. The van der Waals surface area contributed by atoms with Gasteiger partial charge < -0.3 is 0 Å². The van der Waals surface area contributed by atoms with Gasteiger partial charge in [0.1, 0.15) is 0 Å². The Morgan fingerprint density at radius 3 is 0.900 bits per heavy atom. The predicted octanol–water partition coefficient (Wildman–Crippen LogP) is 2.27. The second-order valence-corrected chi connectivity index (χ2v) is 11.7. The van der Waals surface area contributed by atoms with Crippen LogP contribution in [-0.2, 0) is 48.1 Å². The van der Waals surface area contributed by atoms with Crippen LogP contribution >= 0.6 is 58.0 Å². The number of hydrogen-bond donors (Lipinski definition) is 4. The number of halogens is 5. The molecule has 0 fully saturated rings. The lowest BCUT2D eigenvalue weighted by Gasteiger charge is -2.22. The fourth-order valence-electron chi connectivity index (χ4n) is 1.74. The van der Waals surface area contributed by atoms with Gasteiger partial charge in [0.2, 0.25) is 0 Å². The number of benzene rings is 1. The van der Waals surface area contributed by atoms with Crippen molar-refractivity contribution in [1.82, 2.24) is 0 Å². The SMILES string of the molecule is O=S(=O)(O)[O+](C(c1c(Cl)c(Cl)c(Cl)c(Cl)c1Cl)[O+](S(=O)(=O)O)S(=O)(=O)O)S(=O)(=O)O. The van der Waals surface area contributed by atoms with Crippen molar-refractivity contribution in [2.45, 2.75) is 6.29 Å². The zero-order valence-corrected chi connectivity index (χ0v) is 20.0. The van der Waals surface area contributed by atoms with E-state index in [4.69, 9.17) is 76.2 Å². The summed E-state index contributed by atoms with van der Waals surface area (Å²) in [4.78, 5) is 0. The minimum atomic E-state index is -6.44. The van der Waals surface area contributed by atoms with Crippen molar-refractivity contribution in [2.24, 2.45) is 0 Å². The lowest BCUT2D eigenvalue weighted by atomic mass is 10.2. The highest BCUT2D eigenvalue weighted by molar-refractivity contribution is 7.96. The number of hydrogen-bond acceptors (Lipinski definition) is 8. The van der Waals surface area contributed by atoms with Gasteiger partial charge >= 0.3 is 47.9 Å². The summed E-state index contributed by atoms with van der Waals surface area (Å²) < 4.78 is 128. The summed E-state index contributed by atoms with van der Waals surface area (Å²) in [5.41, 5.74) is -1.56. The molecule has 0 radical (unpaired) electrons. The topological polar surface area (TPSA) is 223 Å². The summed E-state index contributed by atoms with van der Waals surface area (Å²) in [6.07, 6.45) is -3.84. The first-order valence-electron chi connectivity index (χ1n) is 5.94. The zero-order valence-electron chi connectivity index (χ0n) is 13.0. The summed E-state index contributed by atoms with van der Waals surface area (Å²) in [6.45, 7) is 0. The highest BCUT2D eigenvalue weighted by Crippen LogP contribution is 2.52. The molecule has 0 aliphatic rings. The maximum absolute atomic E-state index is 11.5. The minimum absolute atomic E-state index is 0.508. The van der Waals surface area contributed by atoms with Gasteiger partial charge in [-0.3, -0.25) is 0 Å². The van der Waals surface area contributed by atoms with Crippen LogP contribution in [-0.4, -0.2) is 51.9 Å². The first-order valence-corrected chi connectivity index (χ1v) is 13.3. The third kappa shape index (κ3) is 5.77. The summed E-state index contributed by atoms with van der Waals surface area (Å²) in [6, 6.07) is 0. The van der Waals surface area contributed by atoms with Gasteiger partial charge in [0, 0.05) is 0 Å². The van der Waals surface area contributed by atoms with Crippen molar-refractivity contribution in [3.05, 3.63) is 30.7 Å². The summed E-state index contributed by atoms with van der Waals surface area (Å²) in [5.74, 6) is 0. The Labute approximate surface area is 194 Å². The van der Waals surface area contributed by atoms with E-state index in [0.717, 1.165) is 0 Å². The van der Waals surface area contributed by atoms with Crippen LogP contribution in [0.1, 0.15) is 11.9 Å². The van der Waals surface area contributed by atoms with Gasteiger partial charge in [-0.2, -0.15) is 0 Å². The van der Waals surface area contributed by atoms with E-state index in [2.05, 4.69) is 0 Å². The van der Waals surface area contributed by atoms with Crippen LogP contribution in [0.3, 0.4) is 0 Å². The Bertz CT molecular complexity index is 1140. The van der Waals surface area contributed by atoms with E-state index in [1.807, 2.05) is 0 Å². The molecule has 1 aromatic rings. The van der Waals surface area contributed by atoms with Gasteiger partial charge in [-0.15, -0.1) is 33.7 Å². The highest BCUT2D eigenvalue weighted by Gasteiger charge is 2.65. The average molecular weight is 619 g/mol. The third-order valence-corrected chi connectivity index (χ3v) is 9.39. The molecule has 14 nitrogen and oxygen atoms in total. The van der Waals surface area contributed by atoms with Crippen LogP contribution in [0, 0.1) is 0 Å². The van der Waals surface area contributed by atoms with E-state index in [1.165, 1.54) is 0 Å². The summed E-state index contributed by atoms with van der Waals surface area (Å²) in [7, 11) is -25.8. The fraction of sp³-hybridized carbons (Fsp3) is 0.143. The standard InChI is InChI=1S/C7H3Cl5O14S4/c8-2-1(3(9)5(11)6(12)4(2)10)7(25(27(13,14)15)28(16,17)18)26(29(19,20)21)30(22,23)24/h7H,(H2-2,13,14,15,16,17,18,19,20,21,22,23,24)/p+2. The molecule has 0 unspecified atom stereocenters.